The average molecular weight is 450 g/mol. The van der Waals surface area contributed by atoms with Gasteiger partial charge in [-0.1, -0.05) is 48.5 Å². The summed E-state index contributed by atoms with van der Waals surface area (Å²) >= 11 is 0. The summed E-state index contributed by atoms with van der Waals surface area (Å²) in [6, 6.07) is 19.2. The third-order valence-electron chi connectivity index (χ3n) is 5.02. The van der Waals surface area contributed by atoms with Crippen molar-refractivity contribution in [2.24, 2.45) is 0 Å². The van der Waals surface area contributed by atoms with E-state index in [-0.39, 0.29) is 19.4 Å². The highest BCUT2D eigenvalue weighted by Crippen LogP contribution is 2.28. The molecule has 0 heterocycles. The molecular formula is C25H26N2O6. The van der Waals surface area contributed by atoms with E-state index in [1.165, 1.54) is 7.11 Å². The maximum atomic E-state index is 12.9. The Kier molecular flexibility index (Phi) is 8.24. The summed E-state index contributed by atoms with van der Waals surface area (Å²) in [5.74, 6) is -0.291. The average Bonchev–Trinajstić information content (AvgIpc) is 2.85. The maximum absolute atomic E-state index is 12.9. The second kappa shape index (κ2) is 11.5. The lowest BCUT2D eigenvalue weighted by molar-refractivity contribution is -0.140. The van der Waals surface area contributed by atoms with Crippen molar-refractivity contribution >= 4 is 34.4 Å². The molecular weight excluding hydrogens is 424 g/mol. The molecule has 8 nitrogen and oxygen atoms in total. The van der Waals surface area contributed by atoms with Crippen LogP contribution in [-0.4, -0.2) is 38.2 Å². The van der Waals surface area contributed by atoms with Crippen LogP contribution in [0.15, 0.2) is 66.7 Å². The molecule has 0 aliphatic carbocycles. The molecule has 3 rings (SSSR count). The summed E-state index contributed by atoms with van der Waals surface area (Å²) in [5.41, 5.74) is 1.34. The van der Waals surface area contributed by atoms with E-state index in [4.69, 9.17) is 9.47 Å². The third-order valence-corrected chi connectivity index (χ3v) is 5.02. The van der Waals surface area contributed by atoms with Gasteiger partial charge in [-0.25, -0.2) is 4.79 Å². The van der Waals surface area contributed by atoms with E-state index < -0.39 is 24.0 Å². The molecule has 0 spiro atoms. The molecule has 0 aliphatic heterocycles. The van der Waals surface area contributed by atoms with Crippen LogP contribution < -0.4 is 15.4 Å². The first-order chi connectivity index (χ1) is 16.0. The van der Waals surface area contributed by atoms with Gasteiger partial charge in [0, 0.05) is 17.5 Å². The Balaban J connectivity index is 1.69. The monoisotopic (exact) mass is 450 g/mol. The Morgan fingerprint density at radius 2 is 1.73 bits per heavy atom. The number of benzene rings is 3. The second-order valence-electron chi connectivity index (χ2n) is 7.26. The molecule has 33 heavy (non-hydrogen) atoms. The largest absolute Gasteiger partial charge is 0.496 e. The van der Waals surface area contributed by atoms with Crippen molar-refractivity contribution < 1.29 is 28.6 Å². The van der Waals surface area contributed by atoms with Crippen LogP contribution in [0.5, 0.6) is 5.75 Å². The maximum Gasteiger partial charge on any atom is 0.408 e. The number of anilines is 1. The van der Waals surface area contributed by atoms with Gasteiger partial charge >= 0.3 is 12.1 Å². The Bertz CT molecular complexity index is 1120. The van der Waals surface area contributed by atoms with E-state index in [0.29, 0.717) is 11.4 Å². The molecule has 0 saturated carbocycles. The fraction of sp³-hybridized carbons (Fsp3) is 0.240. The van der Waals surface area contributed by atoms with Gasteiger partial charge in [0.2, 0.25) is 5.91 Å². The van der Waals surface area contributed by atoms with Crippen molar-refractivity contribution in [2.75, 3.05) is 19.5 Å². The molecule has 3 aromatic carbocycles. The number of amides is 2. The number of hydrogen-bond donors (Lipinski definition) is 2. The van der Waals surface area contributed by atoms with E-state index in [0.717, 1.165) is 16.3 Å². The molecule has 8 heteroatoms. The molecule has 172 valence electrons. The SMILES string of the molecule is COC(=O)CC[C@H](NC(=O)OCc1ccccc1)C(=O)Nc1ccc2cccc(OC)c2c1. The number of hydrogen-bond acceptors (Lipinski definition) is 6. The first-order valence-electron chi connectivity index (χ1n) is 10.4. The van der Waals surface area contributed by atoms with Gasteiger partial charge in [0.1, 0.15) is 18.4 Å². The van der Waals surface area contributed by atoms with Gasteiger partial charge in [-0.3, -0.25) is 9.59 Å². The summed E-state index contributed by atoms with van der Waals surface area (Å²) < 4.78 is 15.3. The van der Waals surface area contributed by atoms with Crippen LogP contribution in [0.3, 0.4) is 0 Å². The molecule has 0 unspecified atom stereocenters. The van der Waals surface area contributed by atoms with Crippen molar-refractivity contribution in [3.8, 4) is 5.75 Å². The molecule has 0 fully saturated rings. The first kappa shape index (κ1) is 23.6. The quantitative estimate of drug-likeness (QED) is 0.477. The van der Waals surface area contributed by atoms with E-state index in [9.17, 15) is 14.4 Å². The van der Waals surface area contributed by atoms with Gasteiger partial charge in [-0.05, 0) is 35.6 Å². The van der Waals surface area contributed by atoms with Crippen LogP contribution in [0, 0.1) is 0 Å². The number of carbonyl (C=O) groups excluding carboxylic acids is 3. The summed E-state index contributed by atoms with van der Waals surface area (Å²) in [6.45, 7) is 0.0580. The zero-order chi connectivity index (χ0) is 23.6. The van der Waals surface area contributed by atoms with Crippen molar-refractivity contribution in [1.29, 1.82) is 0 Å². The number of methoxy groups -OCH3 is 2. The molecule has 0 bridgehead atoms. The summed E-state index contributed by atoms with van der Waals surface area (Å²) in [5, 5.41) is 7.12. The Labute approximate surface area is 191 Å². The van der Waals surface area contributed by atoms with Gasteiger partial charge in [-0.15, -0.1) is 0 Å². The normalized spacial score (nSPS) is 11.3. The number of rotatable bonds is 9. The molecule has 0 radical (unpaired) electrons. The van der Waals surface area contributed by atoms with Crippen molar-refractivity contribution in [3.63, 3.8) is 0 Å². The minimum absolute atomic E-state index is 0.0426. The molecule has 3 aromatic rings. The highest BCUT2D eigenvalue weighted by molar-refractivity contribution is 5.99. The Hall–Kier alpha value is -4.07. The zero-order valence-electron chi connectivity index (χ0n) is 18.5. The van der Waals surface area contributed by atoms with Gasteiger partial charge in [0.15, 0.2) is 0 Å². The third kappa shape index (κ3) is 6.70. The number of esters is 1. The number of nitrogens with one attached hydrogen (secondary N) is 2. The Morgan fingerprint density at radius 3 is 2.45 bits per heavy atom. The van der Waals surface area contributed by atoms with Crippen LogP contribution >= 0.6 is 0 Å². The van der Waals surface area contributed by atoms with Gasteiger partial charge in [0.25, 0.3) is 0 Å². The lowest BCUT2D eigenvalue weighted by Crippen LogP contribution is -2.44. The summed E-state index contributed by atoms with van der Waals surface area (Å²) in [6.07, 6.45) is -0.751. The fourth-order valence-electron chi connectivity index (χ4n) is 3.27. The number of carbonyl (C=O) groups is 3. The van der Waals surface area contributed by atoms with Gasteiger partial charge < -0.3 is 24.8 Å². The summed E-state index contributed by atoms with van der Waals surface area (Å²) in [4.78, 5) is 36.9. The highest BCUT2D eigenvalue weighted by Gasteiger charge is 2.23. The van der Waals surface area contributed by atoms with Crippen LogP contribution in [0.4, 0.5) is 10.5 Å². The highest BCUT2D eigenvalue weighted by atomic mass is 16.5. The van der Waals surface area contributed by atoms with E-state index in [1.807, 2.05) is 54.6 Å². The topological polar surface area (TPSA) is 103 Å². The fourth-order valence-corrected chi connectivity index (χ4v) is 3.27. The second-order valence-corrected chi connectivity index (χ2v) is 7.26. The number of alkyl carbamates (subject to hydrolysis) is 1. The van der Waals surface area contributed by atoms with Gasteiger partial charge in [0.05, 0.1) is 14.2 Å². The Morgan fingerprint density at radius 1 is 0.939 bits per heavy atom. The van der Waals surface area contributed by atoms with Gasteiger partial charge in [-0.2, -0.15) is 0 Å². The van der Waals surface area contributed by atoms with E-state index >= 15 is 0 Å². The number of ether oxygens (including phenoxy) is 3. The zero-order valence-corrected chi connectivity index (χ0v) is 18.5. The van der Waals surface area contributed by atoms with Crippen LogP contribution in [0.2, 0.25) is 0 Å². The van der Waals surface area contributed by atoms with Crippen molar-refractivity contribution in [3.05, 3.63) is 72.3 Å². The molecule has 2 amide bonds. The van der Waals surface area contributed by atoms with Crippen LogP contribution in [-0.2, 0) is 25.7 Å². The molecule has 0 aromatic heterocycles. The first-order valence-corrected chi connectivity index (χ1v) is 10.4. The molecule has 0 saturated heterocycles. The molecule has 0 aliphatic rings. The smallest absolute Gasteiger partial charge is 0.408 e. The number of fused-ring (bicyclic) bond motifs is 1. The molecule has 2 N–H and O–H groups in total. The van der Waals surface area contributed by atoms with Crippen LogP contribution in [0.1, 0.15) is 18.4 Å². The van der Waals surface area contributed by atoms with E-state index in [1.54, 1.807) is 19.2 Å². The lowest BCUT2D eigenvalue weighted by atomic mass is 10.1. The van der Waals surface area contributed by atoms with E-state index in [2.05, 4.69) is 15.4 Å². The minimum Gasteiger partial charge on any atom is -0.496 e. The van der Waals surface area contributed by atoms with Crippen molar-refractivity contribution in [2.45, 2.75) is 25.5 Å². The standard InChI is InChI=1S/C25H26N2O6/c1-31-22-10-6-9-18-11-12-19(15-20(18)22)26-24(29)21(13-14-23(28)32-2)27-25(30)33-16-17-7-4-3-5-8-17/h3-12,15,21H,13-14,16H2,1-2H3,(H,26,29)(H,27,30)/t21-/m0/s1. The van der Waals surface area contributed by atoms with Crippen LogP contribution in [0.25, 0.3) is 10.8 Å². The lowest BCUT2D eigenvalue weighted by Gasteiger charge is -2.18. The minimum atomic E-state index is -0.999. The summed E-state index contributed by atoms with van der Waals surface area (Å²) in [7, 11) is 2.84. The molecule has 1 atom stereocenters. The predicted molar refractivity (Wildman–Crippen MR) is 124 cm³/mol. The predicted octanol–water partition coefficient (Wildman–Crippen LogP) is 4.04. The van der Waals surface area contributed by atoms with Crippen molar-refractivity contribution in [1.82, 2.24) is 5.32 Å².